The van der Waals surface area contributed by atoms with Gasteiger partial charge in [0.15, 0.2) is 0 Å². The Hall–Kier alpha value is -2.04. The van der Waals surface area contributed by atoms with Crippen molar-refractivity contribution >= 4 is 0 Å². The van der Waals surface area contributed by atoms with Crippen molar-refractivity contribution < 1.29 is 18.9 Å². The maximum atomic E-state index is 6.03. The van der Waals surface area contributed by atoms with E-state index in [1.807, 2.05) is 48.5 Å². The summed E-state index contributed by atoms with van der Waals surface area (Å²) in [6.45, 7) is 3.78. The normalized spacial score (nSPS) is 17.0. The first kappa shape index (κ1) is 16.8. The molecule has 4 nitrogen and oxygen atoms in total. The molecule has 128 valence electrons. The summed E-state index contributed by atoms with van der Waals surface area (Å²) in [5.74, 6) is 1.73. The monoisotopic (exact) mass is 328 g/mol. The summed E-state index contributed by atoms with van der Waals surface area (Å²) in [4.78, 5) is 0. The van der Waals surface area contributed by atoms with Crippen molar-refractivity contribution in [2.45, 2.75) is 26.1 Å². The summed E-state index contributed by atoms with van der Waals surface area (Å²) >= 11 is 0. The summed E-state index contributed by atoms with van der Waals surface area (Å²) in [5.41, 5.74) is 2.10. The average Bonchev–Trinajstić information content (AvgIpc) is 2.62. The van der Waals surface area contributed by atoms with E-state index in [1.165, 1.54) is 0 Å². The lowest BCUT2D eigenvalue weighted by Gasteiger charge is -2.15. The third kappa shape index (κ3) is 4.98. The molecule has 0 atom stereocenters. The summed E-state index contributed by atoms with van der Waals surface area (Å²) in [7, 11) is 0. The molecule has 0 saturated carbocycles. The summed E-state index contributed by atoms with van der Waals surface area (Å²) in [6, 6.07) is 16.0. The van der Waals surface area contributed by atoms with Crippen molar-refractivity contribution in [1.82, 2.24) is 0 Å². The van der Waals surface area contributed by atoms with Crippen LogP contribution < -0.4 is 9.47 Å². The standard InChI is InChI=1S/C20H24O4/c1-4-10-20-17(7-1)15-22-13-5-11-21-12-6-14-23-19-9-3-2-8-18(19)16-24-20/h1-4,7-10H,5-6,11-16H2. The first-order chi connectivity index (χ1) is 11.9. The zero-order valence-corrected chi connectivity index (χ0v) is 13.9. The second-order valence-corrected chi connectivity index (χ2v) is 5.72. The molecule has 24 heavy (non-hydrogen) atoms. The summed E-state index contributed by atoms with van der Waals surface area (Å²) < 4.78 is 23.3. The van der Waals surface area contributed by atoms with E-state index in [9.17, 15) is 0 Å². The van der Waals surface area contributed by atoms with Crippen LogP contribution in [0.2, 0.25) is 0 Å². The quantitative estimate of drug-likeness (QED) is 0.733. The Kier molecular flexibility index (Phi) is 6.51. The fraction of sp³-hybridized carbons (Fsp3) is 0.400. The Labute approximate surface area is 143 Å². The zero-order chi connectivity index (χ0) is 16.5. The van der Waals surface area contributed by atoms with Crippen LogP contribution in [0, 0.1) is 0 Å². The fourth-order valence-electron chi connectivity index (χ4n) is 2.57. The van der Waals surface area contributed by atoms with Crippen LogP contribution in [0.25, 0.3) is 0 Å². The number of hydrogen-bond acceptors (Lipinski definition) is 4. The molecule has 3 rings (SSSR count). The van der Waals surface area contributed by atoms with Crippen LogP contribution in [0.15, 0.2) is 48.5 Å². The average molecular weight is 328 g/mol. The van der Waals surface area contributed by atoms with Gasteiger partial charge in [0.25, 0.3) is 0 Å². The largest absolute Gasteiger partial charge is 0.493 e. The molecule has 4 heteroatoms. The molecule has 0 amide bonds. The van der Waals surface area contributed by atoms with Crippen LogP contribution in [-0.2, 0) is 22.7 Å². The smallest absolute Gasteiger partial charge is 0.125 e. The lowest BCUT2D eigenvalue weighted by Crippen LogP contribution is -2.08. The lowest BCUT2D eigenvalue weighted by atomic mass is 10.2. The molecule has 0 fully saturated rings. The van der Waals surface area contributed by atoms with Crippen molar-refractivity contribution in [2.75, 3.05) is 26.4 Å². The number of para-hydroxylation sites is 2. The van der Waals surface area contributed by atoms with Crippen molar-refractivity contribution in [3.8, 4) is 11.5 Å². The van der Waals surface area contributed by atoms with Crippen LogP contribution in [0.4, 0.5) is 0 Å². The molecule has 0 N–H and O–H groups in total. The molecule has 1 aliphatic rings. The van der Waals surface area contributed by atoms with Gasteiger partial charge in [-0.1, -0.05) is 36.4 Å². The molecule has 0 radical (unpaired) electrons. The zero-order valence-electron chi connectivity index (χ0n) is 13.9. The van der Waals surface area contributed by atoms with E-state index in [0.717, 1.165) is 35.5 Å². The molecule has 0 aliphatic carbocycles. The molecule has 1 aliphatic heterocycles. The molecular weight excluding hydrogens is 304 g/mol. The van der Waals surface area contributed by atoms with E-state index < -0.39 is 0 Å². The number of fused-ring (bicyclic) bond motifs is 2. The molecular formula is C20H24O4. The van der Waals surface area contributed by atoms with Gasteiger partial charge in [0.2, 0.25) is 0 Å². The summed E-state index contributed by atoms with van der Waals surface area (Å²) in [5, 5.41) is 0. The highest BCUT2D eigenvalue weighted by molar-refractivity contribution is 5.36. The van der Waals surface area contributed by atoms with Gasteiger partial charge in [-0.2, -0.15) is 0 Å². The SMILES string of the molecule is c1ccc2c(c1)COCCCOCCCOc1ccccc1CO2. The topological polar surface area (TPSA) is 36.9 Å². The van der Waals surface area contributed by atoms with E-state index in [1.54, 1.807) is 0 Å². The maximum absolute atomic E-state index is 6.03. The summed E-state index contributed by atoms with van der Waals surface area (Å²) in [6.07, 6.45) is 1.77. The van der Waals surface area contributed by atoms with Crippen molar-refractivity contribution in [3.05, 3.63) is 59.7 Å². The highest BCUT2D eigenvalue weighted by Gasteiger charge is 2.08. The third-order valence-corrected chi connectivity index (χ3v) is 3.85. The predicted molar refractivity (Wildman–Crippen MR) is 92.4 cm³/mol. The van der Waals surface area contributed by atoms with E-state index in [-0.39, 0.29) is 0 Å². The number of benzene rings is 2. The second-order valence-electron chi connectivity index (χ2n) is 5.72. The number of hydrogen-bond donors (Lipinski definition) is 0. The van der Waals surface area contributed by atoms with Crippen molar-refractivity contribution in [3.63, 3.8) is 0 Å². The minimum absolute atomic E-state index is 0.476. The molecule has 0 saturated heterocycles. The van der Waals surface area contributed by atoms with Gasteiger partial charge in [-0.15, -0.1) is 0 Å². The van der Waals surface area contributed by atoms with Gasteiger partial charge >= 0.3 is 0 Å². The van der Waals surface area contributed by atoms with Crippen LogP contribution in [0.3, 0.4) is 0 Å². The molecule has 2 aromatic rings. The Morgan fingerprint density at radius 1 is 0.542 bits per heavy atom. The van der Waals surface area contributed by atoms with E-state index in [0.29, 0.717) is 39.6 Å². The van der Waals surface area contributed by atoms with Gasteiger partial charge in [-0.05, 0) is 18.6 Å². The molecule has 0 aromatic heterocycles. The number of ether oxygens (including phenoxy) is 4. The second kappa shape index (κ2) is 9.30. The molecule has 0 unspecified atom stereocenters. The lowest BCUT2D eigenvalue weighted by molar-refractivity contribution is 0.0697. The molecule has 1 heterocycles. The maximum Gasteiger partial charge on any atom is 0.125 e. The van der Waals surface area contributed by atoms with E-state index in [2.05, 4.69) is 0 Å². The van der Waals surface area contributed by atoms with Gasteiger partial charge in [0.05, 0.1) is 13.2 Å². The highest BCUT2D eigenvalue weighted by atomic mass is 16.5. The molecule has 2 aromatic carbocycles. The Bertz CT molecular complexity index is 571. The minimum atomic E-state index is 0.476. The van der Waals surface area contributed by atoms with Crippen molar-refractivity contribution in [2.24, 2.45) is 0 Å². The fourth-order valence-corrected chi connectivity index (χ4v) is 2.57. The Morgan fingerprint density at radius 2 is 1.12 bits per heavy atom. The molecule has 0 spiro atoms. The highest BCUT2D eigenvalue weighted by Crippen LogP contribution is 2.24. The predicted octanol–water partition coefficient (Wildman–Crippen LogP) is 3.97. The Morgan fingerprint density at radius 3 is 1.92 bits per heavy atom. The van der Waals surface area contributed by atoms with Crippen LogP contribution >= 0.6 is 0 Å². The van der Waals surface area contributed by atoms with Gasteiger partial charge in [-0.25, -0.2) is 0 Å². The molecule has 0 bridgehead atoms. The van der Waals surface area contributed by atoms with Crippen LogP contribution in [-0.4, -0.2) is 26.4 Å². The van der Waals surface area contributed by atoms with Gasteiger partial charge in [-0.3, -0.25) is 0 Å². The van der Waals surface area contributed by atoms with Gasteiger partial charge in [0.1, 0.15) is 18.1 Å². The van der Waals surface area contributed by atoms with Crippen molar-refractivity contribution in [1.29, 1.82) is 0 Å². The third-order valence-electron chi connectivity index (χ3n) is 3.85. The van der Waals surface area contributed by atoms with Crippen LogP contribution in [0.1, 0.15) is 24.0 Å². The van der Waals surface area contributed by atoms with Gasteiger partial charge in [0, 0.05) is 37.4 Å². The Balaban J connectivity index is 1.74. The minimum Gasteiger partial charge on any atom is -0.493 e. The number of rotatable bonds is 0. The van der Waals surface area contributed by atoms with Gasteiger partial charge < -0.3 is 18.9 Å². The first-order valence-electron chi connectivity index (χ1n) is 8.50. The van der Waals surface area contributed by atoms with Crippen LogP contribution in [0.5, 0.6) is 11.5 Å². The first-order valence-corrected chi connectivity index (χ1v) is 8.50. The van der Waals surface area contributed by atoms with E-state index in [4.69, 9.17) is 18.9 Å². The van der Waals surface area contributed by atoms with E-state index >= 15 is 0 Å².